The van der Waals surface area contributed by atoms with Crippen LogP contribution in [-0.4, -0.2) is 48.7 Å². The minimum Gasteiger partial charge on any atom is -0.370 e. The van der Waals surface area contributed by atoms with Crippen LogP contribution in [0.2, 0.25) is 0 Å². The number of nitrogens with zero attached hydrogens (tertiary/aromatic N) is 1. The maximum absolute atomic E-state index is 12.2. The number of rotatable bonds is 8. The molecule has 0 aliphatic carbocycles. The lowest BCUT2D eigenvalue weighted by atomic mass is 10.1. The molecule has 1 aromatic carbocycles. The summed E-state index contributed by atoms with van der Waals surface area (Å²) in [6, 6.07) is 6.03. The first-order chi connectivity index (χ1) is 11.7. The summed E-state index contributed by atoms with van der Waals surface area (Å²) in [5.41, 5.74) is 6.44. The van der Waals surface area contributed by atoms with Crippen LogP contribution >= 0.6 is 0 Å². The largest absolute Gasteiger partial charge is 0.370 e. The predicted molar refractivity (Wildman–Crippen MR) is 92.3 cm³/mol. The van der Waals surface area contributed by atoms with Gasteiger partial charge in [0.2, 0.25) is 17.7 Å². The van der Waals surface area contributed by atoms with Gasteiger partial charge in [-0.2, -0.15) is 0 Å². The molecule has 0 unspecified atom stereocenters. The summed E-state index contributed by atoms with van der Waals surface area (Å²) in [4.78, 5) is 47.6. The molecule has 1 aromatic rings. The quantitative estimate of drug-likeness (QED) is 0.601. The van der Waals surface area contributed by atoms with Gasteiger partial charge in [0.1, 0.15) is 6.04 Å². The molecule has 0 saturated heterocycles. The van der Waals surface area contributed by atoms with Crippen molar-refractivity contribution >= 4 is 23.6 Å². The zero-order valence-electron chi connectivity index (χ0n) is 14.7. The highest BCUT2D eigenvalue weighted by Gasteiger charge is 2.19. The Morgan fingerprint density at radius 2 is 1.72 bits per heavy atom. The van der Waals surface area contributed by atoms with Gasteiger partial charge in [-0.05, 0) is 24.1 Å². The molecule has 0 heterocycles. The molecule has 0 aliphatic heterocycles. The lowest BCUT2D eigenvalue weighted by molar-refractivity contribution is -0.128. The average molecular weight is 348 g/mol. The van der Waals surface area contributed by atoms with E-state index in [1.54, 1.807) is 38.4 Å². The van der Waals surface area contributed by atoms with Crippen LogP contribution in [0.3, 0.4) is 0 Å². The van der Waals surface area contributed by atoms with E-state index in [9.17, 15) is 19.2 Å². The molecule has 0 bridgehead atoms. The molecule has 4 N–H and O–H groups in total. The fourth-order valence-electron chi connectivity index (χ4n) is 2.14. The maximum Gasteiger partial charge on any atom is 0.253 e. The van der Waals surface area contributed by atoms with Crippen LogP contribution in [0.25, 0.3) is 0 Å². The van der Waals surface area contributed by atoms with E-state index in [0.717, 1.165) is 5.56 Å². The third-order valence-corrected chi connectivity index (χ3v) is 3.45. The van der Waals surface area contributed by atoms with Crippen molar-refractivity contribution in [2.45, 2.75) is 32.4 Å². The summed E-state index contributed by atoms with van der Waals surface area (Å²) in [6.07, 6.45) is 0.136. The third kappa shape index (κ3) is 7.03. The number of nitrogens with two attached hydrogens (primary N) is 1. The van der Waals surface area contributed by atoms with Crippen molar-refractivity contribution in [3.05, 3.63) is 35.4 Å². The Morgan fingerprint density at radius 3 is 2.20 bits per heavy atom. The summed E-state index contributed by atoms with van der Waals surface area (Å²) < 4.78 is 0. The summed E-state index contributed by atoms with van der Waals surface area (Å²) in [5, 5.41) is 5.20. The molecular formula is C17H24N4O4. The van der Waals surface area contributed by atoms with Crippen molar-refractivity contribution in [1.82, 2.24) is 15.5 Å². The summed E-state index contributed by atoms with van der Waals surface area (Å²) in [7, 11) is 3.34. The van der Waals surface area contributed by atoms with Crippen molar-refractivity contribution in [2.24, 2.45) is 5.73 Å². The van der Waals surface area contributed by atoms with Crippen LogP contribution < -0.4 is 16.4 Å². The second-order valence-electron chi connectivity index (χ2n) is 5.87. The Hall–Kier alpha value is -2.90. The Kier molecular flexibility index (Phi) is 7.58. The Balaban J connectivity index is 2.64. The van der Waals surface area contributed by atoms with Crippen LogP contribution in [-0.2, 0) is 20.9 Å². The summed E-state index contributed by atoms with van der Waals surface area (Å²) >= 11 is 0. The molecule has 0 radical (unpaired) electrons. The summed E-state index contributed by atoms with van der Waals surface area (Å²) in [5.74, 6) is -1.40. The van der Waals surface area contributed by atoms with Gasteiger partial charge in [-0.1, -0.05) is 12.1 Å². The van der Waals surface area contributed by atoms with Crippen LogP contribution in [0, 0.1) is 0 Å². The van der Waals surface area contributed by atoms with E-state index in [-0.39, 0.29) is 31.2 Å². The number of amides is 4. The first-order valence-electron chi connectivity index (χ1n) is 7.84. The zero-order chi connectivity index (χ0) is 19.0. The molecular weight excluding hydrogens is 324 g/mol. The Bertz CT molecular complexity index is 641. The lowest BCUT2D eigenvalue weighted by Gasteiger charge is -2.17. The van der Waals surface area contributed by atoms with Crippen molar-refractivity contribution < 1.29 is 19.2 Å². The fourth-order valence-corrected chi connectivity index (χ4v) is 2.14. The minimum atomic E-state index is -0.820. The molecule has 8 nitrogen and oxygen atoms in total. The van der Waals surface area contributed by atoms with Gasteiger partial charge in [-0.15, -0.1) is 0 Å². The smallest absolute Gasteiger partial charge is 0.253 e. The average Bonchev–Trinajstić information content (AvgIpc) is 2.55. The van der Waals surface area contributed by atoms with E-state index in [1.807, 2.05) is 0 Å². The highest BCUT2D eigenvalue weighted by molar-refractivity contribution is 5.93. The van der Waals surface area contributed by atoms with Crippen LogP contribution in [0.15, 0.2) is 24.3 Å². The summed E-state index contributed by atoms with van der Waals surface area (Å²) in [6.45, 7) is 1.53. The molecule has 0 saturated carbocycles. The van der Waals surface area contributed by atoms with Crippen molar-refractivity contribution in [1.29, 1.82) is 0 Å². The molecule has 4 amide bonds. The SMILES string of the molecule is CC(=O)N[C@@H](CCC(N)=O)C(=O)NCc1ccc(C(=O)N(C)C)cc1. The molecule has 8 heteroatoms. The number of hydrogen-bond acceptors (Lipinski definition) is 4. The number of hydrogen-bond donors (Lipinski definition) is 3. The van der Waals surface area contributed by atoms with Crippen molar-refractivity contribution in [2.75, 3.05) is 14.1 Å². The number of carbonyl (C=O) groups excluding carboxylic acids is 4. The fraction of sp³-hybridized carbons (Fsp3) is 0.412. The molecule has 0 spiro atoms. The second kappa shape index (κ2) is 9.41. The van der Waals surface area contributed by atoms with Crippen LogP contribution in [0.1, 0.15) is 35.7 Å². The minimum absolute atomic E-state index is 0.000287. The first-order valence-corrected chi connectivity index (χ1v) is 7.84. The van der Waals surface area contributed by atoms with E-state index in [4.69, 9.17) is 5.73 Å². The highest BCUT2D eigenvalue weighted by Crippen LogP contribution is 2.07. The van der Waals surface area contributed by atoms with Gasteiger partial charge in [0.25, 0.3) is 5.91 Å². The van der Waals surface area contributed by atoms with Gasteiger partial charge in [0.15, 0.2) is 0 Å². The highest BCUT2D eigenvalue weighted by atomic mass is 16.2. The number of nitrogens with one attached hydrogen (secondary N) is 2. The molecule has 0 fully saturated rings. The second-order valence-corrected chi connectivity index (χ2v) is 5.87. The molecule has 0 aliphatic rings. The zero-order valence-corrected chi connectivity index (χ0v) is 14.7. The molecule has 136 valence electrons. The van der Waals surface area contributed by atoms with Gasteiger partial charge >= 0.3 is 0 Å². The maximum atomic E-state index is 12.2. The van der Waals surface area contributed by atoms with E-state index < -0.39 is 17.9 Å². The van der Waals surface area contributed by atoms with Crippen LogP contribution in [0.4, 0.5) is 0 Å². The number of carbonyl (C=O) groups is 4. The van der Waals surface area contributed by atoms with Gasteiger partial charge in [0.05, 0.1) is 0 Å². The van der Waals surface area contributed by atoms with E-state index in [1.165, 1.54) is 11.8 Å². The van der Waals surface area contributed by atoms with E-state index in [2.05, 4.69) is 10.6 Å². The monoisotopic (exact) mass is 348 g/mol. The van der Waals surface area contributed by atoms with Crippen molar-refractivity contribution in [3.63, 3.8) is 0 Å². The first kappa shape index (κ1) is 20.1. The van der Waals surface area contributed by atoms with Gasteiger partial charge in [-0.25, -0.2) is 0 Å². The lowest BCUT2D eigenvalue weighted by Crippen LogP contribution is -2.46. The number of benzene rings is 1. The molecule has 1 atom stereocenters. The van der Waals surface area contributed by atoms with Crippen LogP contribution in [0.5, 0.6) is 0 Å². The van der Waals surface area contributed by atoms with E-state index in [0.29, 0.717) is 5.56 Å². The Labute approximate surface area is 146 Å². The molecule has 1 rings (SSSR count). The van der Waals surface area contributed by atoms with Gasteiger partial charge in [-0.3, -0.25) is 19.2 Å². The van der Waals surface area contributed by atoms with E-state index >= 15 is 0 Å². The Morgan fingerprint density at radius 1 is 1.12 bits per heavy atom. The predicted octanol–water partition coefficient (Wildman–Crippen LogP) is -0.225. The molecule has 0 aromatic heterocycles. The van der Waals surface area contributed by atoms with Crippen molar-refractivity contribution in [3.8, 4) is 0 Å². The molecule has 25 heavy (non-hydrogen) atoms. The van der Waals surface area contributed by atoms with Gasteiger partial charge in [0, 0.05) is 39.5 Å². The topological polar surface area (TPSA) is 122 Å². The standard InChI is InChI=1S/C17H24N4O4/c1-11(22)20-14(8-9-15(18)23)16(24)19-10-12-4-6-13(7-5-12)17(25)21(2)3/h4-7,14H,8-10H2,1-3H3,(H2,18,23)(H,19,24)(H,20,22)/t14-/m0/s1. The van der Waals surface area contributed by atoms with Gasteiger partial charge < -0.3 is 21.3 Å². The third-order valence-electron chi connectivity index (χ3n) is 3.45. The normalized spacial score (nSPS) is 11.3. The number of primary amides is 1.